The molecular weight excluding hydrogens is 326 g/mol. The molecule has 0 spiro atoms. The number of aliphatic carboxylic acids is 1. The van der Waals surface area contributed by atoms with Crippen LogP contribution in [0.1, 0.15) is 19.3 Å². The number of piperidine rings is 1. The van der Waals surface area contributed by atoms with Gasteiger partial charge in [0.05, 0.1) is 32.5 Å². The predicted molar refractivity (Wildman–Crippen MR) is 78.5 cm³/mol. The Labute approximate surface area is 136 Å². The van der Waals surface area contributed by atoms with Crippen molar-refractivity contribution in [2.24, 2.45) is 0 Å². The lowest BCUT2D eigenvalue weighted by Gasteiger charge is -2.45. The van der Waals surface area contributed by atoms with Gasteiger partial charge in [-0.15, -0.1) is 0 Å². The lowest BCUT2D eigenvalue weighted by Crippen LogP contribution is -2.67. The van der Waals surface area contributed by atoms with Crippen molar-refractivity contribution in [3.63, 3.8) is 0 Å². The SMILES string of the molecule is O=C(O)CCN1C[C@@]2([N+](=O)[O-])CC=C(OCCO)[C@@]([N+](=O)[O-])(C1)C2. The number of nitrogens with zero attached hydrogens (tertiary/aromatic N) is 3. The molecule has 1 heterocycles. The average molecular weight is 345 g/mol. The van der Waals surface area contributed by atoms with Crippen molar-refractivity contribution < 1.29 is 29.6 Å². The molecule has 2 aliphatic rings. The van der Waals surface area contributed by atoms with Gasteiger partial charge in [-0.2, -0.15) is 0 Å². The number of carbonyl (C=O) groups is 1. The Morgan fingerprint density at radius 2 is 2.04 bits per heavy atom. The molecule has 1 fully saturated rings. The lowest BCUT2D eigenvalue weighted by molar-refractivity contribution is -0.624. The van der Waals surface area contributed by atoms with Gasteiger partial charge in [0.25, 0.3) is 5.54 Å². The van der Waals surface area contributed by atoms with Crippen molar-refractivity contribution >= 4 is 5.97 Å². The van der Waals surface area contributed by atoms with Crippen molar-refractivity contribution in [1.82, 2.24) is 4.90 Å². The van der Waals surface area contributed by atoms with Crippen LogP contribution in [-0.2, 0) is 9.53 Å². The van der Waals surface area contributed by atoms with Gasteiger partial charge in [0.1, 0.15) is 6.61 Å². The summed E-state index contributed by atoms with van der Waals surface area (Å²) in [5.41, 5.74) is -3.35. The molecule has 2 atom stereocenters. The standard InChI is InChI=1S/C13H19N3O8/c17-5-6-24-10-1-3-12(15(20)21)7-13(10,16(22)23)9-14(8-12)4-2-11(18)19/h1,17H,2-9H2,(H,18,19)/t12-,13+/m1/s1. The normalized spacial score (nSPS) is 29.6. The Morgan fingerprint density at radius 1 is 1.33 bits per heavy atom. The third-order valence-corrected chi connectivity index (χ3v) is 4.48. The van der Waals surface area contributed by atoms with Crippen LogP contribution in [0.4, 0.5) is 0 Å². The Hall–Kier alpha value is -2.27. The van der Waals surface area contributed by atoms with Gasteiger partial charge >= 0.3 is 5.97 Å². The number of carboxylic acid groups (broad SMARTS) is 1. The highest BCUT2D eigenvalue weighted by Crippen LogP contribution is 2.44. The molecule has 0 aromatic carbocycles. The number of fused-ring (bicyclic) bond motifs is 2. The first-order valence-corrected chi connectivity index (χ1v) is 7.43. The quantitative estimate of drug-likeness (QED) is 0.437. The molecule has 2 N–H and O–H groups in total. The third-order valence-electron chi connectivity index (χ3n) is 4.48. The number of aliphatic hydroxyl groups excluding tert-OH is 1. The minimum Gasteiger partial charge on any atom is -0.488 e. The largest absolute Gasteiger partial charge is 0.488 e. The van der Waals surface area contributed by atoms with Crippen molar-refractivity contribution in [2.75, 3.05) is 32.8 Å². The maximum Gasteiger partial charge on any atom is 0.304 e. The van der Waals surface area contributed by atoms with Gasteiger partial charge in [-0.3, -0.25) is 29.9 Å². The highest BCUT2D eigenvalue weighted by molar-refractivity contribution is 5.66. The number of hydrogen-bond donors (Lipinski definition) is 2. The van der Waals surface area contributed by atoms with Gasteiger partial charge in [0.2, 0.25) is 5.54 Å². The van der Waals surface area contributed by atoms with Crippen LogP contribution in [0.25, 0.3) is 0 Å². The van der Waals surface area contributed by atoms with E-state index in [1.807, 2.05) is 0 Å². The number of aliphatic hydroxyl groups is 1. The van der Waals surface area contributed by atoms with Crippen LogP contribution in [0.5, 0.6) is 0 Å². The van der Waals surface area contributed by atoms with E-state index in [0.717, 1.165) is 0 Å². The molecule has 134 valence electrons. The average Bonchev–Trinajstić information content (AvgIpc) is 2.51. The molecule has 2 rings (SSSR count). The Bertz CT molecular complexity index is 580. The highest BCUT2D eigenvalue weighted by Gasteiger charge is 2.66. The summed E-state index contributed by atoms with van der Waals surface area (Å²) < 4.78 is 5.29. The fourth-order valence-electron chi connectivity index (χ4n) is 3.44. The fraction of sp³-hybridized carbons (Fsp3) is 0.769. The second-order valence-electron chi connectivity index (χ2n) is 6.15. The summed E-state index contributed by atoms with van der Waals surface area (Å²) in [6.45, 7) is -0.725. The first kappa shape index (κ1) is 18.1. The number of likely N-dealkylation sites (tertiary alicyclic amines) is 1. The monoisotopic (exact) mass is 345 g/mol. The zero-order valence-corrected chi connectivity index (χ0v) is 12.9. The van der Waals surface area contributed by atoms with Crippen molar-refractivity contribution in [3.8, 4) is 0 Å². The van der Waals surface area contributed by atoms with E-state index in [1.165, 1.54) is 11.0 Å². The summed E-state index contributed by atoms with van der Waals surface area (Å²) in [5, 5.41) is 41.0. The Balaban J connectivity index is 2.38. The summed E-state index contributed by atoms with van der Waals surface area (Å²) in [6, 6.07) is 0. The molecule has 1 aliphatic carbocycles. The summed E-state index contributed by atoms with van der Waals surface area (Å²) in [5.74, 6) is -1.08. The molecule has 0 aromatic heterocycles. The molecule has 24 heavy (non-hydrogen) atoms. The molecule has 0 saturated carbocycles. The van der Waals surface area contributed by atoms with E-state index in [2.05, 4.69) is 0 Å². The third kappa shape index (κ3) is 3.17. The van der Waals surface area contributed by atoms with Gasteiger partial charge in [-0.05, 0) is 6.08 Å². The first-order valence-electron chi connectivity index (χ1n) is 7.43. The smallest absolute Gasteiger partial charge is 0.304 e. The molecule has 0 radical (unpaired) electrons. The van der Waals surface area contributed by atoms with E-state index in [9.17, 15) is 25.0 Å². The Morgan fingerprint density at radius 3 is 2.58 bits per heavy atom. The number of hydrogen-bond acceptors (Lipinski definition) is 8. The number of carboxylic acids is 1. The van der Waals surface area contributed by atoms with Crippen molar-refractivity contribution in [3.05, 3.63) is 32.1 Å². The summed E-state index contributed by atoms with van der Waals surface area (Å²) in [4.78, 5) is 34.4. The molecule has 0 unspecified atom stereocenters. The van der Waals surface area contributed by atoms with Gasteiger partial charge in [-0.25, -0.2) is 0 Å². The zero-order chi connectivity index (χ0) is 18.0. The van der Waals surface area contributed by atoms with Crippen LogP contribution >= 0.6 is 0 Å². The number of ether oxygens (including phenoxy) is 1. The Kier molecular flexibility index (Phi) is 5.04. The molecular formula is C13H19N3O8. The molecule has 0 amide bonds. The minimum atomic E-state index is -1.81. The number of rotatable bonds is 8. The van der Waals surface area contributed by atoms with Crippen molar-refractivity contribution in [2.45, 2.75) is 30.3 Å². The van der Waals surface area contributed by atoms with Crippen LogP contribution in [0.3, 0.4) is 0 Å². The van der Waals surface area contributed by atoms with Gasteiger partial charge in [-0.1, -0.05) is 0 Å². The second kappa shape index (κ2) is 6.69. The molecule has 1 aliphatic heterocycles. The van der Waals surface area contributed by atoms with Crippen molar-refractivity contribution in [1.29, 1.82) is 0 Å². The highest BCUT2D eigenvalue weighted by atomic mass is 16.6. The van der Waals surface area contributed by atoms with Crippen LogP contribution in [0.2, 0.25) is 0 Å². The number of nitro groups is 2. The zero-order valence-electron chi connectivity index (χ0n) is 12.9. The van der Waals surface area contributed by atoms with Crippen LogP contribution < -0.4 is 0 Å². The molecule has 2 bridgehead atoms. The van der Waals surface area contributed by atoms with Gasteiger partial charge in [0.15, 0.2) is 5.76 Å². The topological polar surface area (TPSA) is 156 Å². The van der Waals surface area contributed by atoms with E-state index in [-0.39, 0.29) is 57.9 Å². The van der Waals surface area contributed by atoms with Crippen LogP contribution in [0, 0.1) is 20.2 Å². The maximum absolute atomic E-state index is 11.8. The summed E-state index contributed by atoms with van der Waals surface area (Å²) in [7, 11) is 0. The summed E-state index contributed by atoms with van der Waals surface area (Å²) in [6.07, 6.45) is 0.734. The van der Waals surface area contributed by atoms with Gasteiger partial charge in [0, 0.05) is 22.8 Å². The molecule has 0 aromatic rings. The molecule has 11 heteroatoms. The molecule has 11 nitrogen and oxygen atoms in total. The first-order chi connectivity index (χ1) is 11.3. The van der Waals surface area contributed by atoms with E-state index >= 15 is 0 Å². The molecule has 1 saturated heterocycles. The minimum absolute atomic E-state index is 0.000880. The van der Waals surface area contributed by atoms with Crippen LogP contribution in [0.15, 0.2) is 11.8 Å². The van der Waals surface area contributed by atoms with E-state index in [1.54, 1.807) is 0 Å². The fourth-order valence-corrected chi connectivity index (χ4v) is 3.44. The van der Waals surface area contributed by atoms with Crippen LogP contribution in [-0.4, -0.2) is 74.9 Å². The summed E-state index contributed by atoms with van der Waals surface area (Å²) >= 11 is 0. The van der Waals surface area contributed by atoms with Gasteiger partial charge < -0.3 is 14.9 Å². The second-order valence-corrected chi connectivity index (χ2v) is 6.15. The maximum atomic E-state index is 11.8. The lowest BCUT2D eigenvalue weighted by atomic mass is 9.71. The van der Waals surface area contributed by atoms with E-state index in [0.29, 0.717) is 0 Å². The van der Waals surface area contributed by atoms with E-state index < -0.39 is 26.9 Å². The van der Waals surface area contributed by atoms with E-state index in [4.69, 9.17) is 14.9 Å². The predicted octanol–water partition coefficient (Wildman–Crippen LogP) is -0.506.